The van der Waals surface area contributed by atoms with E-state index in [-0.39, 0.29) is 12.0 Å². The summed E-state index contributed by atoms with van der Waals surface area (Å²) in [6.45, 7) is 1.33. The molecule has 0 radical (unpaired) electrons. The van der Waals surface area contributed by atoms with Crippen molar-refractivity contribution in [2.75, 3.05) is 14.1 Å². The van der Waals surface area contributed by atoms with Crippen molar-refractivity contribution in [1.29, 1.82) is 0 Å². The minimum absolute atomic E-state index is 0.0171. The van der Waals surface area contributed by atoms with Gasteiger partial charge in [-0.05, 0) is 39.1 Å². The lowest BCUT2D eigenvalue weighted by atomic mass is 9.54. The van der Waals surface area contributed by atoms with Crippen LogP contribution in [0.15, 0.2) is 29.0 Å². The summed E-state index contributed by atoms with van der Waals surface area (Å²) in [5.74, 6) is -9.40. The number of phenolic OH excluding ortho intramolecular Hbond substituents is 2. The number of benzene rings is 1. The number of hydrogen-bond donors (Lipinski definition) is 7. The van der Waals surface area contributed by atoms with E-state index in [1.165, 1.54) is 32.0 Å². The molecule has 0 unspecified atom stereocenters. The van der Waals surface area contributed by atoms with Crippen molar-refractivity contribution in [2.45, 2.75) is 30.6 Å². The number of aliphatic hydroxyl groups excluding tert-OH is 2. The van der Waals surface area contributed by atoms with Gasteiger partial charge in [0, 0.05) is 17.4 Å². The summed E-state index contributed by atoms with van der Waals surface area (Å²) in [6, 6.07) is 1.13. The van der Waals surface area contributed by atoms with E-state index in [4.69, 9.17) is 5.73 Å². The molecule has 5 atom stereocenters. The first-order valence-electron chi connectivity index (χ1n) is 10.1. The summed E-state index contributed by atoms with van der Waals surface area (Å²) >= 11 is 0. The van der Waals surface area contributed by atoms with Gasteiger partial charge in [-0.15, -0.1) is 0 Å². The Balaban J connectivity index is 2.06. The number of likely N-dealkylation sites (N-methyl/N-ethyl adjacent to an activating group) is 1. The minimum atomic E-state index is -2.81. The second-order valence-electron chi connectivity index (χ2n) is 9.12. The van der Waals surface area contributed by atoms with Gasteiger partial charge in [0.05, 0.1) is 17.2 Å². The number of aromatic hydroxyl groups is 2. The summed E-state index contributed by atoms with van der Waals surface area (Å²) in [7, 11) is 2.96. The van der Waals surface area contributed by atoms with Gasteiger partial charge in [0.15, 0.2) is 22.9 Å². The zero-order valence-corrected chi connectivity index (χ0v) is 18.0. The Morgan fingerprint density at radius 2 is 1.73 bits per heavy atom. The number of rotatable bonds is 2. The normalized spacial score (nSPS) is 33.7. The molecular weight excluding hydrogens is 436 g/mol. The summed E-state index contributed by atoms with van der Waals surface area (Å²) in [6.07, 6.45) is -0.263. The lowest BCUT2D eigenvalue weighted by Gasteiger charge is -2.53. The summed E-state index contributed by atoms with van der Waals surface area (Å²) < 4.78 is 0. The van der Waals surface area contributed by atoms with Crippen molar-refractivity contribution < 1.29 is 45.0 Å². The largest absolute Gasteiger partial charge is 0.508 e. The zero-order valence-electron chi connectivity index (χ0n) is 18.0. The maximum absolute atomic E-state index is 13.7. The van der Waals surface area contributed by atoms with Crippen LogP contribution in [0.1, 0.15) is 24.5 Å². The van der Waals surface area contributed by atoms with E-state index < -0.39 is 86.3 Å². The number of phenols is 2. The number of carbonyl (C=O) groups is 3. The van der Waals surface area contributed by atoms with Crippen LogP contribution in [0.2, 0.25) is 0 Å². The highest BCUT2D eigenvalue weighted by Gasteiger charge is 2.66. The van der Waals surface area contributed by atoms with E-state index in [0.717, 1.165) is 6.07 Å². The fourth-order valence-corrected chi connectivity index (χ4v) is 5.53. The quantitative estimate of drug-likeness (QED) is 0.219. The lowest BCUT2D eigenvalue weighted by Crippen LogP contribution is -2.67. The molecule has 0 aliphatic heterocycles. The van der Waals surface area contributed by atoms with E-state index in [1.54, 1.807) is 0 Å². The maximum atomic E-state index is 13.7. The smallest absolute Gasteiger partial charge is 0.255 e. The number of ketones is 2. The van der Waals surface area contributed by atoms with Crippen LogP contribution in [0.5, 0.6) is 11.5 Å². The number of carbonyl (C=O) groups excluding carboxylic acids is 3. The van der Waals surface area contributed by atoms with Crippen LogP contribution in [-0.4, -0.2) is 78.8 Å². The first-order valence-corrected chi connectivity index (χ1v) is 10.1. The van der Waals surface area contributed by atoms with E-state index in [2.05, 4.69) is 0 Å². The van der Waals surface area contributed by atoms with Gasteiger partial charge in [-0.25, -0.2) is 0 Å². The SMILES string of the molecule is CN(C)[C@@H]1C(=O)C(C(N)=O)=C(O)[C@@]2(O)C(=O)C3=C(O)c4c(ccc(O)c4O)[C@@](C)(O)[C@H]3C[C@@H]12. The average molecular weight is 460 g/mol. The number of nitrogens with two attached hydrogens (primary N) is 1. The Morgan fingerprint density at radius 3 is 2.27 bits per heavy atom. The van der Waals surface area contributed by atoms with E-state index >= 15 is 0 Å². The zero-order chi connectivity index (χ0) is 24.8. The fraction of sp³-hybridized carbons (Fsp3) is 0.409. The molecular formula is C22H24N2O9. The molecule has 0 aromatic heterocycles. The Morgan fingerprint density at radius 1 is 1.12 bits per heavy atom. The first kappa shape index (κ1) is 22.8. The molecule has 176 valence electrons. The number of hydrogen-bond acceptors (Lipinski definition) is 10. The van der Waals surface area contributed by atoms with Crippen LogP contribution < -0.4 is 5.73 Å². The maximum Gasteiger partial charge on any atom is 0.255 e. The molecule has 1 amide bonds. The molecule has 3 aliphatic rings. The Hall–Kier alpha value is -3.41. The predicted octanol–water partition coefficient (Wildman–Crippen LogP) is -0.665. The fourth-order valence-electron chi connectivity index (χ4n) is 5.53. The highest BCUT2D eigenvalue weighted by atomic mass is 16.3. The topological polar surface area (TPSA) is 202 Å². The van der Waals surface area contributed by atoms with Crippen molar-refractivity contribution in [3.63, 3.8) is 0 Å². The summed E-state index contributed by atoms with van der Waals surface area (Å²) in [4.78, 5) is 40.0. The van der Waals surface area contributed by atoms with Gasteiger partial charge in [0.2, 0.25) is 5.78 Å². The number of fused-ring (bicyclic) bond motifs is 3. The van der Waals surface area contributed by atoms with Crippen molar-refractivity contribution in [3.8, 4) is 11.5 Å². The average Bonchev–Trinajstić information content (AvgIpc) is 2.70. The standard InChI is InChI=1S/C22H24N2O9/c1-21(32)7-4-5-10(25)15(26)11(7)16(27)12-8(21)6-9-14(24(2)3)17(28)13(20(23)31)19(30)22(9,33)18(12)29/h4-5,8-9,14,25-27,30,32-33H,6H2,1-3H3,(H2,23,31)/t8-,9-,14-,21+,22-/m0/s1. The van der Waals surface area contributed by atoms with Crippen LogP contribution >= 0.6 is 0 Å². The summed E-state index contributed by atoms with van der Waals surface area (Å²) in [5, 5.41) is 64.8. The highest BCUT2D eigenvalue weighted by Crippen LogP contribution is 2.57. The van der Waals surface area contributed by atoms with Gasteiger partial charge in [0.25, 0.3) is 5.91 Å². The van der Waals surface area contributed by atoms with Gasteiger partial charge in [0.1, 0.15) is 17.1 Å². The molecule has 0 spiro atoms. The van der Waals surface area contributed by atoms with Crippen molar-refractivity contribution in [3.05, 3.63) is 40.2 Å². The molecule has 11 nitrogen and oxygen atoms in total. The Labute approximate surface area is 187 Å². The summed E-state index contributed by atoms with van der Waals surface area (Å²) in [5.41, 5.74) is -1.28. The second-order valence-corrected chi connectivity index (χ2v) is 9.12. The van der Waals surface area contributed by atoms with Gasteiger partial charge in [-0.2, -0.15) is 0 Å². The lowest BCUT2D eigenvalue weighted by molar-refractivity contribution is -0.159. The van der Waals surface area contributed by atoms with E-state index in [1.807, 2.05) is 0 Å². The molecule has 1 fully saturated rings. The molecule has 8 N–H and O–H groups in total. The van der Waals surface area contributed by atoms with E-state index in [0.29, 0.717) is 0 Å². The number of nitrogens with zero attached hydrogens (tertiary/aromatic N) is 1. The third-order valence-electron chi connectivity index (χ3n) is 7.13. The van der Waals surface area contributed by atoms with Gasteiger partial charge in [-0.3, -0.25) is 19.3 Å². The number of primary amides is 1. The van der Waals surface area contributed by atoms with Crippen molar-refractivity contribution in [2.24, 2.45) is 17.6 Å². The predicted molar refractivity (Wildman–Crippen MR) is 112 cm³/mol. The Bertz CT molecular complexity index is 1200. The number of Topliss-reactive ketones (excluding diaryl/α,β-unsaturated/α-hetero) is 2. The van der Waals surface area contributed by atoms with Crippen LogP contribution in [0, 0.1) is 11.8 Å². The molecule has 33 heavy (non-hydrogen) atoms. The van der Waals surface area contributed by atoms with Crippen LogP contribution in [-0.2, 0) is 20.0 Å². The first-order chi connectivity index (χ1) is 15.2. The van der Waals surface area contributed by atoms with Crippen LogP contribution in [0.4, 0.5) is 0 Å². The van der Waals surface area contributed by atoms with Crippen molar-refractivity contribution in [1.82, 2.24) is 4.90 Å². The molecule has 1 saturated carbocycles. The molecule has 1 aromatic carbocycles. The van der Waals surface area contributed by atoms with Crippen molar-refractivity contribution >= 4 is 23.2 Å². The molecule has 11 heteroatoms. The number of amides is 1. The molecule has 0 bridgehead atoms. The molecule has 0 heterocycles. The second kappa shape index (κ2) is 6.80. The van der Waals surface area contributed by atoms with Gasteiger partial charge in [-0.1, -0.05) is 6.07 Å². The molecule has 3 aliphatic carbocycles. The third-order valence-corrected chi connectivity index (χ3v) is 7.13. The van der Waals surface area contributed by atoms with Gasteiger partial charge >= 0.3 is 0 Å². The number of aliphatic hydroxyl groups is 4. The van der Waals surface area contributed by atoms with Gasteiger partial charge < -0.3 is 36.4 Å². The Kier molecular flexibility index (Phi) is 4.69. The van der Waals surface area contributed by atoms with Crippen LogP contribution in [0.25, 0.3) is 5.76 Å². The van der Waals surface area contributed by atoms with E-state index in [9.17, 15) is 45.0 Å². The molecule has 4 rings (SSSR count). The monoisotopic (exact) mass is 460 g/mol. The minimum Gasteiger partial charge on any atom is -0.508 e. The van der Waals surface area contributed by atoms with Crippen LogP contribution in [0.3, 0.4) is 0 Å². The molecule has 0 saturated heterocycles. The third kappa shape index (κ3) is 2.63. The molecule has 1 aromatic rings. The highest BCUT2D eigenvalue weighted by molar-refractivity contribution is 6.24.